The first kappa shape index (κ1) is 14.6. The van der Waals surface area contributed by atoms with Gasteiger partial charge in [0.2, 0.25) is 11.8 Å². The van der Waals surface area contributed by atoms with Crippen LogP contribution in [0.2, 0.25) is 0 Å². The van der Waals surface area contributed by atoms with Crippen LogP contribution in [-0.2, 0) is 16.0 Å². The molecule has 1 saturated carbocycles. The molecule has 0 aromatic heterocycles. The van der Waals surface area contributed by atoms with Crippen molar-refractivity contribution in [2.75, 3.05) is 12.4 Å². The van der Waals surface area contributed by atoms with E-state index in [1.165, 1.54) is 19.8 Å². The van der Waals surface area contributed by atoms with Crippen molar-refractivity contribution in [1.29, 1.82) is 0 Å². The van der Waals surface area contributed by atoms with E-state index in [-0.39, 0.29) is 11.8 Å². The summed E-state index contributed by atoms with van der Waals surface area (Å²) in [6.07, 6.45) is 2.89. The molecule has 0 aliphatic heterocycles. The number of nitrogens with one attached hydrogen (secondary N) is 1. The molecule has 4 heteroatoms. The summed E-state index contributed by atoms with van der Waals surface area (Å²) >= 11 is 0. The molecule has 1 atom stereocenters. The monoisotopic (exact) mass is 274 g/mol. The first-order valence-electron chi connectivity index (χ1n) is 7.09. The Hall–Kier alpha value is -1.84. The molecule has 1 aromatic rings. The average Bonchev–Trinajstić information content (AvgIpc) is 3.23. The maximum absolute atomic E-state index is 12.2. The van der Waals surface area contributed by atoms with Crippen LogP contribution in [0.5, 0.6) is 0 Å². The van der Waals surface area contributed by atoms with E-state index in [1.54, 1.807) is 0 Å². The molecular weight excluding hydrogens is 252 g/mol. The van der Waals surface area contributed by atoms with Crippen LogP contribution < -0.4 is 5.32 Å². The van der Waals surface area contributed by atoms with Crippen molar-refractivity contribution in [3.63, 3.8) is 0 Å². The molecule has 20 heavy (non-hydrogen) atoms. The fourth-order valence-corrected chi connectivity index (χ4v) is 2.33. The van der Waals surface area contributed by atoms with E-state index >= 15 is 0 Å². The lowest BCUT2D eigenvalue weighted by molar-refractivity contribution is -0.131. The maximum Gasteiger partial charge on any atom is 0.226 e. The molecule has 2 amide bonds. The molecule has 108 valence electrons. The number of carbonyl (C=O) groups excluding carboxylic acids is 2. The van der Waals surface area contributed by atoms with Gasteiger partial charge in [0.05, 0.1) is 6.42 Å². The largest absolute Gasteiger partial charge is 0.342 e. The van der Waals surface area contributed by atoms with Crippen LogP contribution in [0.4, 0.5) is 5.69 Å². The molecule has 0 bridgehead atoms. The molecule has 2 rings (SSSR count). The van der Waals surface area contributed by atoms with Gasteiger partial charge in [-0.1, -0.05) is 12.1 Å². The number of hydrogen-bond acceptors (Lipinski definition) is 2. The number of benzene rings is 1. The van der Waals surface area contributed by atoms with Crippen molar-refractivity contribution in [2.24, 2.45) is 5.92 Å². The number of anilines is 1. The second-order valence-corrected chi connectivity index (χ2v) is 5.64. The quantitative estimate of drug-likeness (QED) is 0.896. The zero-order valence-corrected chi connectivity index (χ0v) is 12.3. The summed E-state index contributed by atoms with van der Waals surface area (Å²) in [5.41, 5.74) is 1.73. The Kier molecular flexibility index (Phi) is 4.42. The van der Waals surface area contributed by atoms with Gasteiger partial charge in [-0.3, -0.25) is 9.59 Å². The third kappa shape index (κ3) is 3.83. The summed E-state index contributed by atoms with van der Waals surface area (Å²) in [7, 11) is 1.89. The smallest absolute Gasteiger partial charge is 0.226 e. The number of rotatable bonds is 5. The number of nitrogens with zero attached hydrogens (tertiary/aromatic N) is 1. The average molecular weight is 274 g/mol. The lowest BCUT2D eigenvalue weighted by atomic mass is 10.1. The van der Waals surface area contributed by atoms with Gasteiger partial charge in [-0.15, -0.1) is 0 Å². The van der Waals surface area contributed by atoms with E-state index in [0.29, 0.717) is 18.4 Å². The van der Waals surface area contributed by atoms with Crippen LogP contribution in [0.25, 0.3) is 0 Å². The van der Waals surface area contributed by atoms with Crippen LogP contribution in [-0.4, -0.2) is 29.8 Å². The van der Waals surface area contributed by atoms with Gasteiger partial charge in [-0.2, -0.15) is 0 Å². The van der Waals surface area contributed by atoms with Gasteiger partial charge in [-0.25, -0.2) is 0 Å². The van der Waals surface area contributed by atoms with Crippen molar-refractivity contribution in [3.8, 4) is 0 Å². The van der Waals surface area contributed by atoms with Crippen LogP contribution >= 0.6 is 0 Å². The third-order valence-electron chi connectivity index (χ3n) is 3.94. The zero-order valence-electron chi connectivity index (χ0n) is 12.3. The van der Waals surface area contributed by atoms with E-state index in [4.69, 9.17) is 0 Å². The van der Waals surface area contributed by atoms with Crippen LogP contribution in [0.1, 0.15) is 32.3 Å². The van der Waals surface area contributed by atoms with Crippen molar-refractivity contribution in [2.45, 2.75) is 39.2 Å². The molecule has 0 radical (unpaired) electrons. The molecular formula is C16H22N2O2. The van der Waals surface area contributed by atoms with Crippen molar-refractivity contribution in [1.82, 2.24) is 4.90 Å². The number of hydrogen-bond donors (Lipinski definition) is 1. The first-order valence-corrected chi connectivity index (χ1v) is 7.09. The molecule has 1 aromatic carbocycles. The van der Waals surface area contributed by atoms with E-state index in [9.17, 15) is 9.59 Å². The summed E-state index contributed by atoms with van der Waals surface area (Å²) in [4.78, 5) is 25.0. The van der Waals surface area contributed by atoms with Crippen molar-refractivity contribution >= 4 is 17.5 Å². The van der Waals surface area contributed by atoms with Gasteiger partial charge in [0.25, 0.3) is 0 Å². The number of carbonyl (C=O) groups is 2. The first-order chi connectivity index (χ1) is 9.47. The highest BCUT2D eigenvalue weighted by molar-refractivity contribution is 5.88. The Balaban J connectivity index is 1.91. The minimum atomic E-state index is -0.0909. The van der Waals surface area contributed by atoms with Gasteiger partial charge in [0, 0.05) is 25.7 Å². The van der Waals surface area contributed by atoms with E-state index in [2.05, 4.69) is 12.2 Å². The highest BCUT2D eigenvalue weighted by Gasteiger charge is 2.32. The highest BCUT2D eigenvalue weighted by Crippen LogP contribution is 2.34. The second kappa shape index (κ2) is 6.07. The van der Waals surface area contributed by atoms with E-state index in [1.807, 2.05) is 36.2 Å². The third-order valence-corrected chi connectivity index (χ3v) is 3.94. The summed E-state index contributed by atoms with van der Waals surface area (Å²) in [5, 5.41) is 2.72. The molecule has 0 heterocycles. The fourth-order valence-electron chi connectivity index (χ4n) is 2.33. The summed E-state index contributed by atoms with van der Waals surface area (Å²) < 4.78 is 0. The predicted octanol–water partition coefficient (Wildman–Crippen LogP) is 2.44. The minimum absolute atomic E-state index is 0.0909. The van der Waals surface area contributed by atoms with Crippen LogP contribution in [0.15, 0.2) is 24.3 Å². The van der Waals surface area contributed by atoms with Gasteiger partial charge < -0.3 is 10.2 Å². The summed E-state index contributed by atoms with van der Waals surface area (Å²) in [5.74, 6) is 0.745. The summed E-state index contributed by atoms with van der Waals surface area (Å²) in [6.45, 7) is 3.60. The van der Waals surface area contributed by atoms with Gasteiger partial charge >= 0.3 is 0 Å². The summed E-state index contributed by atoms with van der Waals surface area (Å²) in [6, 6.07) is 7.77. The fraction of sp³-hybridized carbons (Fsp3) is 0.500. The number of likely N-dealkylation sites (N-methyl/N-ethyl adjacent to an activating group) is 1. The van der Waals surface area contributed by atoms with Crippen molar-refractivity contribution in [3.05, 3.63) is 29.8 Å². The standard InChI is InChI=1S/C16H22N2O2/c1-11(14-6-7-14)18(3)16(20)10-13-4-8-15(9-5-13)17-12(2)19/h4-5,8-9,11,14H,6-7,10H2,1-3H3,(H,17,19). The predicted molar refractivity (Wildman–Crippen MR) is 79.4 cm³/mol. The zero-order chi connectivity index (χ0) is 14.7. The Morgan fingerprint density at radius 3 is 2.40 bits per heavy atom. The van der Waals surface area contributed by atoms with Gasteiger partial charge in [-0.05, 0) is 43.4 Å². The van der Waals surface area contributed by atoms with E-state index < -0.39 is 0 Å². The molecule has 1 fully saturated rings. The number of amides is 2. The highest BCUT2D eigenvalue weighted by atomic mass is 16.2. The minimum Gasteiger partial charge on any atom is -0.342 e. The van der Waals surface area contributed by atoms with Crippen LogP contribution in [0, 0.1) is 5.92 Å². The van der Waals surface area contributed by atoms with E-state index in [0.717, 1.165) is 11.3 Å². The lowest BCUT2D eigenvalue weighted by Gasteiger charge is -2.25. The van der Waals surface area contributed by atoms with Gasteiger partial charge in [0.1, 0.15) is 0 Å². The van der Waals surface area contributed by atoms with Crippen LogP contribution in [0.3, 0.4) is 0 Å². The topological polar surface area (TPSA) is 49.4 Å². The molecule has 4 nitrogen and oxygen atoms in total. The molecule has 0 spiro atoms. The lowest BCUT2D eigenvalue weighted by Crippen LogP contribution is -2.37. The van der Waals surface area contributed by atoms with Gasteiger partial charge in [0.15, 0.2) is 0 Å². The molecule has 0 saturated heterocycles. The Morgan fingerprint density at radius 1 is 1.30 bits per heavy atom. The second-order valence-electron chi connectivity index (χ2n) is 5.64. The normalized spacial score (nSPS) is 15.6. The molecule has 1 unspecified atom stereocenters. The molecule has 1 aliphatic rings. The Labute approximate surface area is 120 Å². The Morgan fingerprint density at radius 2 is 1.90 bits per heavy atom. The molecule has 1 aliphatic carbocycles. The molecule has 1 N–H and O–H groups in total. The van der Waals surface area contributed by atoms with Crippen molar-refractivity contribution < 1.29 is 9.59 Å². The SMILES string of the molecule is CC(=O)Nc1ccc(CC(=O)N(C)C(C)C2CC2)cc1. The Bertz CT molecular complexity index is 492. The maximum atomic E-state index is 12.2.